The molecule has 0 aliphatic carbocycles. The van der Waals surface area contributed by atoms with E-state index in [0.29, 0.717) is 13.1 Å². The van der Waals surface area contributed by atoms with Crippen molar-refractivity contribution < 1.29 is 14.7 Å². The number of nitrogens with one attached hydrogen (secondary N) is 2. The zero-order chi connectivity index (χ0) is 17.0. The number of hydrogen-bond donors (Lipinski definition) is 4. The molecule has 0 saturated carbocycles. The summed E-state index contributed by atoms with van der Waals surface area (Å²) in [6.07, 6.45) is 4.04. The summed E-state index contributed by atoms with van der Waals surface area (Å²) >= 11 is 0. The van der Waals surface area contributed by atoms with Crippen molar-refractivity contribution in [2.24, 2.45) is 0 Å². The molecule has 1 aliphatic rings. The Bertz CT molecular complexity index is 660. The van der Waals surface area contributed by atoms with Gasteiger partial charge in [0.05, 0.1) is 5.56 Å². The zero-order valence-corrected chi connectivity index (χ0v) is 12.5. The van der Waals surface area contributed by atoms with E-state index in [1.165, 1.54) is 12.4 Å². The molecular weight excluding hydrogens is 300 g/mol. The molecule has 9 heteroatoms. The SMILES string of the molecule is C=CC(=O)N1CCCC(Nc2ncnc(N)c2C(=N)C(=O)O)C1. The van der Waals surface area contributed by atoms with E-state index in [1.807, 2.05) is 0 Å². The van der Waals surface area contributed by atoms with Gasteiger partial charge in [-0.3, -0.25) is 10.2 Å². The number of nitrogens with two attached hydrogens (primary N) is 1. The molecule has 0 spiro atoms. The molecular formula is C14H18N6O3. The Kier molecular flexibility index (Phi) is 4.89. The van der Waals surface area contributed by atoms with Gasteiger partial charge < -0.3 is 21.1 Å². The molecule has 0 radical (unpaired) electrons. The quantitative estimate of drug-likeness (QED) is 0.445. The van der Waals surface area contributed by atoms with Gasteiger partial charge in [0, 0.05) is 19.1 Å². The summed E-state index contributed by atoms with van der Waals surface area (Å²) in [6.45, 7) is 4.56. The highest BCUT2D eigenvalue weighted by atomic mass is 16.4. The van der Waals surface area contributed by atoms with Gasteiger partial charge in [-0.2, -0.15) is 0 Å². The Labute approximate surface area is 132 Å². The number of carbonyl (C=O) groups is 2. The van der Waals surface area contributed by atoms with Crippen LogP contribution in [0.1, 0.15) is 18.4 Å². The van der Waals surface area contributed by atoms with E-state index in [4.69, 9.17) is 16.2 Å². The van der Waals surface area contributed by atoms with Crippen LogP contribution in [-0.4, -0.2) is 56.7 Å². The molecule has 1 unspecified atom stereocenters. The molecule has 1 atom stereocenters. The van der Waals surface area contributed by atoms with E-state index in [9.17, 15) is 9.59 Å². The molecule has 1 aromatic heterocycles. The molecule has 9 nitrogen and oxygen atoms in total. The lowest BCUT2D eigenvalue weighted by Crippen LogP contribution is -2.44. The van der Waals surface area contributed by atoms with Crippen LogP contribution >= 0.6 is 0 Å². The van der Waals surface area contributed by atoms with Crippen LogP contribution in [0.5, 0.6) is 0 Å². The molecule has 1 amide bonds. The Balaban J connectivity index is 2.21. The molecule has 0 aromatic carbocycles. The van der Waals surface area contributed by atoms with Crippen LogP contribution in [0, 0.1) is 5.41 Å². The van der Waals surface area contributed by atoms with E-state index < -0.39 is 11.7 Å². The summed E-state index contributed by atoms with van der Waals surface area (Å²) in [5.74, 6) is -1.47. The molecule has 0 bridgehead atoms. The standard InChI is InChI=1S/C14H18N6O3/c1-2-9(21)20-5-3-4-8(6-20)19-13-10(11(15)14(22)23)12(16)17-7-18-13/h2,7-8,15H,1,3-6H2,(H,22,23)(H3,16,17,18,19). The lowest BCUT2D eigenvalue weighted by molar-refractivity contribution is -0.129. The first-order valence-electron chi connectivity index (χ1n) is 7.04. The monoisotopic (exact) mass is 318 g/mol. The van der Waals surface area contributed by atoms with Gasteiger partial charge in [0.2, 0.25) is 5.91 Å². The number of aliphatic carboxylic acids is 1. The smallest absolute Gasteiger partial charge is 0.354 e. The average Bonchev–Trinajstić information content (AvgIpc) is 2.54. The molecule has 1 aromatic rings. The van der Waals surface area contributed by atoms with Crippen molar-refractivity contribution in [3.05, 3.63) is 24.5 Å². The van der Waals surface area contributed by atoms with E-state index >= 15 is 0 Å². The highest BCUT2D eigenvalue weighted by Gasteiger charge is 2.25. The van der Waals surface area contributed by atoms with Crippen molar-refractivity contribution in [2.45, 2.75) is 18.9 Å². The number of carbonyl (C=O) groups excluding carboxylic acids is 1. The fourth-order valence-electron chi connectivity index (χ4n) is 2.48. The predicted molar refractivity (Wildman–Crippen MR) is 84.3 cm³/mol. The summed E-state index contributed by atoms with van der Waals surface area (Å²) in [4.78, 5) is 32.1. The van der Waals surface area contributed by atoms with Crippen molar-refractivity contribution in [2.75, 3.05) is 24.1 Å². The van der Waals surface area contributed by atoms with Crippen molar-refractivity contribution in [3.63, 3.8) is 0 Å². The molecule has 2 rings (SSSR count). The minimum absolute atomic E-state index is 0.0489. The minimum Gasteiger partial charge on any atom is -0.477 e. The van der Waals surface area contributed by atoms with Crippen LogP contribution in [0.4, 0.5) is 11.6 Å². The number of nitrogen functional groups attached to an aromatic ring is 1. The number of carboxylic acids is 1. The fourth-order valence-corrected chi connectivity index (χ4v) is 2.48. The third-order valence-corrected chi connectivity index (χ3v) is 3.59. The summed E-state index contributed by atoms with van der Waals surface area (Å²) < 4.78 is 0. The maximum atomic E-state index is 11.7. The van der Waals surface area contributed by atoms with Crippen LogP contribution in [0.2, 0.25) is 0 Å². The minimum atomic E-state index is -1.42. The Hall–Kier alpha value is -2.97. The second-order valence-corrected chi connectivity index (χ2v) is 5.13. The third kappa shape index (κ3) is 3.62. The van der Waals surface area contributed by atoms with Gasteiger partial charge in [-0.15, -0.1) is 0 Å². The van der Waals surface area contributed by atoms with Crippen molar-refractivity contribution in [1.82, 2.24) is 14.9 Å². The lowest BCUT2D eigenvalue weighted by Gasteiger charge is -2.33. The van der Waals surface area contributed by atoms with Crippen LogP contribution in [0.15, 0.2) is 19.0 Å². The van der Waals surface area contributed by atoms with Gasteiger partial charge >= 0.3 is 5.97 Å². The van der Waals surface area contributed by atoms with Crippen molar-refractivity contribution in [1.29, 1.82) is 5.41 Å². The van der Waals surface area contributed by atoms with Crippen LogP contribution in [0.3, 0.4) is 0 Å². The third-order valence-electron chi connectivity index (χ3n) is 3.59. The highest BCUT2D eigenvalue weighted by molar-refractivity contribution is 6.43. The number of carboxylic acid groups (broad SMARTS) is 1. The van der Waals surface area contributed by atoms with E-state index in [0.717, 1.165) is 12.8 Å². The van der Waals surface area contributed by atoms with Gasteiger partial charge in [0.1, 0.15) is 18.0 Å². The second-order valence-electron chi connectivity index (χ2n) is 5.13. The Morgan fingerprint density at radius 3 is 2.91 bits per heavy atom. The maximum absolute atomic E-state index is 11.7. The average molecular weight is 318 g/mol. The van der Waals surface area contributed by atoms with Crippen molar-refractivity contribution in [3.8, 4) is 0 Å². The topological polar surface area (TPSA) is 145 Å². The number of piperidine rings is 1. The number of amides is 1. The van der Waals surface area contributed by atoms with Crippen LogP contribution < -0.4 is 11.1 Å². The molecule has 23 heavy (non-hydrogen) atoms. The van der Waals surface area contributed by atoms with Gasteiger partial charge in [-0.05, 0) is 18.9 Å². The van der Waals surface area contributed by atoms with Gasteiger partial charge in [-0.1, -0.05) is 6.58 Å². The summed E-state index contributed by atoms with van der Waals surface area (Å²) in [6, 6.07) is -0.123. The number of anilines is 2. The maximum Gasteiger partial charge on any atom is 0.354 e. The first-order chi connectivity index (χ1) is 10.9. The Morgan fingerprint density at radius 2 is 2.26 bits per heavy atom. The predicted octanol–water partition coefficient (Wildman–Crippen LogP) is 0.100. The normalized spacial score (nSPS) is 17.4. The largest absolute Gasteiger partial charge is 0.477 e. The molecule has 1 saturated heterocycles. The zero-order valence-electron chi connectivity index (χ0n) is 12.5. The summed E-state index contributed by atoms with van der Waals surface area (Å²) in [5, 5.41) is 19.7. The number of likely N-dealkylation sites (tertiary alicyclic amines) is 1. The van der Waals surface area contributed by atoms with E-state index in [-0.39, 0.29) is 29.1 Å². The number of hydrogen-bond acceptors (Lipinski definition) is 7. The number of aromatic nitrogens is 2. The van der Waals surface area contributed by atoms with Gasteiger partial charge in [-0.25, -0.2) is 14.8 Å². The number of nitrogens with zero attached hydrogens (tertiary/aromatic N) is 3. The summed E-state index contributed by atoms with van der Waals surface area (Å²) in [5.41, 5.74) is 4.96. The molecule has 5 N–H and O–H groups in total. The molecule has 122 valence electrons. The summed E-state index contributed by atoms with van der Waals surface area (Å²) in [7, 11) is 0. The Morgan fingerprint density at radius 1 is 1.52 bits per heavy atom. The van der Waals surface area contributed by atoms with Crippen molar-refractivity contribution >= 4 is 29.2 Å². The lowest BCUT2D eigenvalue weighted by atomic mass is 10.0. The highest BCUT2D eigenvalue weighted by Crippen LogP contribution is 2.21. The first-order valence-corrected chi connectivity index (χ1v) is 7.04. The van der Waals surface area contributed by atoms with E-state index in [1.54, 1.807) is 4.90 Å². The van der Waals surface area contributed by atoms with Crippen LogP contribution in [-0.2, 0) is 9.59 Å². The van der Waals surface area contributed by atoms with Gasteiger partial charge in [0.25, 0.3) is 0 Å². The van der Waals surface area contributed by atoms with E-state index in [2.05, 4.69) is 21.9 Å². The number of rotatable bonds is 5. The second kappa shape index (κ2) is 6.86. The molecule has 2 heterocycles. The molecule has 1 aliphatic heterocycles. The first kappa shape index (κ1) is 16.4. The van der Waals surface area contributed by atoms with Crippen LogP contribution in [0.25, 0.3) is 0 Å². The van der Waals surface area contributed by atoms with Gasteiger partial charge in [0.15, 0.2) is 5.71 Å². The fraction of sp³-hybridized carbons (Fsp3) is 0.357. The molecule has 1 fully saturated rings.